The highest BCUT2D eigenvalue weighted by molar-refractivity contribution is 7.90. The number of alkyl halides is 1. The summed E-state index contributed by atoms with van der Waals surface area (Å²) in [6.07, 6.45) is 2.33. The largest absolute Gasteiger partial charge is 0.238 e. The van der Waals surface area contributed by atoms with Crippen LogP contribution in [-0.4, -0.2) is 19.7 Å². The number of nitrogens with one attached hydrogen (secondary N) is 1. The molecule has 2 aromatic rings. The fourth-order valence-electron chi connectivity index (χ4n) is 3.63. The lowest BCUT2D eigenvalue weighted by atomic mass is 9.77. The summed E-state index contributed by atoms with van der Waals surface area (Å²) in [7, 11) is -3.55. The molecule has 1 fully saturated rings. The number of benzene rings is 2. The molecule has 0 heterocycles. The van der Waals surface area contributed by atoms with Gasteiger partial charge in [-0.05, 0) is 49.8 Å². The van der Waals surface area contributed by atoms with Crippen LogP contribution in [0.25, 0.3) is 16.0 Å². The quantitative estimate of drug-likeness (QED) is 0.689. The Hall–Kier alpha value is -2.23. The summed E-state index contributed by atoms with van der Waals surface area (Å²) in [5.41, 5.74) is 1.24. The first kappa shape index (κ1) is 20.5. The first-order chi connectivity index (χ1) is 13.3. The molecule has 0 aromatic heterocycles. The molecule has 0 spiro atoms. The third-order valence-electron chi connectivity index (χ3n) is 5.46. The van der Waals surface area contributed by atoms with Gasteiger partial charge in [0.25, 0.3) is 0 Å². The Bertz CT molecular complexity index is 963. The monoisotopic (exact) mass is 400 g/mol. The Morgan fingerprint density at radius 3 is 2.18 bits per heavy atom. The number of halogens is 1. The third kappa shape index (κ3) is 4.11. The minimum Gasteiger partial charge on any atom is -0.238 e. The van der Waals surface area contributed by atoms with Gasteiger partial charge in [-0.25, -0.2) is 22.4 Å². The smallest absolute Gasteiger partial charge is 0.214 e. The van der Waals surface area contributed by atoms with Crippen molar-refractivity contribution < 1.29 is 12.8 Å². The topological polar surface area (TPSA) is 50.5 Å². The Morgan fingerprint density at radius 2 is 1.64 bits per heavy atom. The lowest BCUT2D eigenvalue weighted by Gasteiger charge is -2.38. The molecule has 0 aliphatic heterocycles. The van der Waals surface area contributed by atoms with Gasteiger partial charge in [0.2, 0.25) is 10.0 Å². The van der Waals surface area contributed by atoms with Gasteiger partial charge in [-0.1, -0.05) is 55.0 Å². The fraction of sp³-hybridized carbons (Fsp3) is 0.409. The molecule has 0 amide bonds. The van der Waals surface area contributed by atoms with Crippen molar-refractivity contribution >= 4 is 15.7 Å². The van der Waals surface area contributed by atoms with E-state index < -0.39 is 27.0 Å². The highest BCUT2D eigenvalue weighted by atomic mass is 32.2. The van der Waals surface area contributed by atoms with Crippen molar-refractivity contribution in [1.29, 1.82) is 0 Å². The van der Waals surface area contributed by atoms with Gasteiger partial charge in [0.05, 0.1) is 17.9 Å². The molecular weight excluding hydrogens is 375 g/mol. The number of rotatable bonds is 5. The van der Waals surface area contributed by atoms with Gasteiger partial charge in [0.15, 0.2) is 11.4 Å². The first-order valence-electron chi connectivity index (χ1n) is 9.55. The van der Waals surface area contributed by atoms with E-state index in [1.54, 1.807) is 38.1 Å². The van der Waals surface area contributed by atoms with Crippen LogP contribution in [0, 0.1) is 6.57 Å². The third-order valence-corrected chi connectivity index (χ3v) is 7.31. The van der Waals surface area contributed by atoms with Gasteiger partial charge < -0.3 is 0 Å². The van der Waals surface area contributed by atoms with Crippen LogP contribution in [0.4, 0.5) is 10.1 Å². The summed E-state index contributed by atoms with van der Waals surface area (Å²) >= 11 is 0. The van der Waals surface area contributed by atoms with Crippen molar-refractivity contribution in [1.82, 2.24) is 4.72 Å². The van der Waals surface area contributed by atoms with Crippen LogP contribution in [0.15, 0.2) is 48.5 Å². The standard InChI is InChI=1S/C22H25FN2O2S/c1-16(2)28(26,27)25-21-6-4-5-15-22(21,23)19-11-7-17(8-12-19)18-9-13-20(24-3)14-10-18/h7-14,16,21,25H,4-6,15H2,1-2H3/t21-,22-/m0/s1. The zero-order chi connectivity index (χ0) is 20.4. The Morgan fingerprint density at radius 1 is 1.07 bits per heavy atom. The summed E-state index contributed by atoms with van der Waals surface area (Å²) in [4.78, 5) is 3.38. The van der Waals surface area contributed by atoms with Crippen molar-refractivity contribution in [3.63, 3.8) is 0 Å². The van der Waals surface area contributed by atoms with Crippen molar-refractivity contribution in [3.8, 4) is 11.1 Å². The molecule has 4 nitrogen and oxygen atoms in total. The van der Waals surface area contributed by atoms with E-state index in [0.717, 1.165) is 24.0 Å². The maximum atomic E-state index is 16.0. The molecular formula is C22H25FN2O2S. The number of nitrogens with zero attached hydrogens (tertiary/aromatic N) is 1. The zero-order valence-corrected chi connectivity index (χ0v) is 17.0. The van der Waals surface area contributed by atoms with Crippen LogP contribution in [-0.2, 0) is 15.7 Å². The van der Waals surface area contributed by atoms with Gasteiger partial charge in [-0.15, -0.1) is 0 Å². The van der Waals surface area contributed by atoms with E-state index in [4.69, 9.17) is 6.57 Å². The van der Waals surface area contributed by atoms with Crippen molar-refractivity contribution in [2.75, 3.05) is 0 Å². The first-order valence-corrected chi connectivity index (χ1v) is 11.1. The van der Waals surface area contributed by atoms with Gasteiger partial charge in [-0.3, -0.25) is 0 Å². The summed E-state index contributed by atoms with van der Waals surface area (Å²) in [6.45, 7) is 10.2. The molecule has 1 N–H and O–H groups in total. The van der Waals surface area contributed by atoms with Crippen molar-refractivity contribution in [2.45, 2.75) is 56.5 Å². The van der Waals surface area contributed by atoms with E-state index in [1.807, 2.05) is 24.3 Å². The summed E-state index contributed by atoms with van der Waals surface area (Å²) in [5.74, 6) is 0. The van der Waals surface area contributed by atoms with E-state index in [9.17, 15) is 8.42 Å². The molecule has 1 aliphatic carbocycles. The van der Waals surface area contributed by atoms with Crippen molar-refractivity contribution in [2.24, 2.45) is 0 Å². The highest BCUT2D eigenvalue weighted by Crippen LogP contribution is 2.42. The maximum absolute atomic E-state index is 16.0. The van der Waals surface area contributed by atoms with E-state index in [1.165, 1.54) is 0 Å². The summed E-state index contributed by atoms with van der Waals surface area (Å²) in [6, 6.07) is 13.7. The molecule has 6 heteroatoms. The maximum Gasteiger partial charge on any atom is 0.214 e. The Kier molecular flexibility index (Phi) is 5.87. The molecule has 1 aliphatic rings. The second kappa shape index (κ2) is 8.02. The van der Waals surface area contributed by atoms with Crippen LogP contribution in [0.5, 0.6) is 0 Å². The lowest BCUT2D eigenvalue weighted by Crippen LogP contribution is -2.51. The zero-order valence-electron chi connectivity index (χ0n) is 16.2. The van der Waals surface area contributed by atoms with Gasteiger partial charge in [-0.2, -0.15) is 0 Å². The second-order valence-corrected chi connectivity index (χ2v) is 9.88. The van der Waals surface area contributed by atoms with Gasteiger partial charge in [0, 0.05) is 0 Å². The molecule has 0 radical (unpaired) electrons. The summed E-state index contributed by atoms with van der Waals surface area (Å²) < 4.78 is 43.3. The molecule has 148 valence electrons. The minimum absolute atomic E-state index is 0.303. The van der Waals surface area contributed by atoms with E-state index in [-0.39, 0.29) is 0 Å². The average Bonchev–Trinajstić information content (AvgIpc) is 2.70. The minimum atomic E-state index is -3.55. The Labute approximate surface area is 166 Å². The molecule has 0 saturated heterocycles. The molecule has 2 aromatic carbocycles. The number of sulfonamides is 1. The second-order valence-electron chi connectivity index (χ2n) is 7.61. The van der Waals surface area contributed by atoms with Crippen LogP contribution in [0.2, 0.25) is 0 Å². The average molecular weight is 401 g/mol. The van der Waals surface area contributed by atoms with Crippen LogP contribution >= 0.6 is 0 Å². The predicted octanol–water partition coefficient (Wildman–Crippen LogP) is 5.34. The molecule has 28 heavy (non-hydrogen) atoms. The van der Waals surface area contributed by atoms with E-state index in [2.05, 4.69) is 9.57 Å². The van der Waals surface area contributed by atoms with Crippen molar-refractivity contribution in [3.05, 3.63) is 65.5 Å². The summed E-state index contributed by atoms with van der Waals surface area (Å²) in [5, 5.41) is -0.598. The van der Waals surface area contributed by atoms with Gasteiger partial charge in [0.1, 0.15) is 0 Å². The normalized spacial score (nSPS) is 22.8. The Balaban J connectivity index is 1.88. The van der Waals surface area contributed by atoms with E-state index >= 15 is 4.39 Å². The molecule has 0 bridgehead atoms. The molecule has 3 rings (SSSR count). The molecule has 2 atom stereocenters. The highest BCUT2D eigenvalue weighted by Gasteiger charge is 2.44. The fourth-order valence-corrected chi connectivity index (χ4v) is 4.61. The van der Waals surface area contributed by atoms with E-state index in [0.29, 0.717) is 24.1 Å². The van der Waals surface area contributed by atoms with Gasteiger partial charge >= 0.3 is 0 Å². The number of hydrogen-bond acceptors (Lipinski definition) is 2. The molecule has 0 unspecified atom stereocenters. The van der Waals surface area contributed by atoms with Crippen LogP contribution < -0.4 is 4.72 Å². The SMILES string of the molecule is [C-]#[N+]c1ccc(-c2ccc([C@@]3(F)CCCC[C@@H]3NS(=O)(=O)C(C)C)cc2)cc1. The van der Waals surface area contributed by atoms with Crippen LogP contribution in [0.3, 0.4) is 0 Å². The predicted molar refractivity (Wildman–Crippen MR) is 110 cm³/mol. The number of hydrogen-bond donors (Lipinski definition) is 1. The molecule has 1 saturated carbocycles. The van der Waals surface area contributed by atoms with Crippen LogP contribution in [0.1, 0.15) is 45.1 Å². The lowest BCUT2D eigenvalue weighted by molar-refractivity contribution is 0.0712.